The van der Waals surface area contributed by atoms with Gasteiger partial charge >= 0.3 is 0 Å². The maximum absolute atomic E-state index is 11.4. The molecule has 0 fully saturated rings. The molecule has 0 aliphatic heterocycles. The normalized spacial score (nSPS) is 13.7. The molecule has 0 radical (unpaired) electrons. The van der Waals surface area contributed by atoms with Crippen molar-refractivity contribution >= 4 is 18.2 Å². The van der Waals surface area contributed by atoms with E-state index in [1.54, 1.807) is 11.8 Å². The third kappa shape index (κ3) is 6.13. The number of carbonyl (C=O) groups excluding carboxylic acids is 1. The first kappa shape index (κ1) is 16.1. The van der Waals surface area contributed by atoms with Crippen LogP contribution in [0.2, 0.25) is 0 Å². The summed E-state index contributed by atoms with van der Waals surface area (Å²) >= 11 is 0. The van der Waals surface area contributed by atoms with Crippen LogP contribution in [0.3, 0.4) is 0 Å². The van der Waals surface area contributed by atoms with E-state index in [0.29, 0.717) is 12.1 Å². The Kier molecular flexibility index (Phi) is 9.15. The fourth-order valence-corrected chi connectivity index (χ4v) is 1.10. The average Bonchev–Trinajstić information content (AvgIpc) is 2.02. The lowest BCUT2D eigenvalue weighted by atomic mass is 10.1. The van der Waals surface area contributed by atoms with E-state index in [0.717, 1.165) is 6.42 Å². The van der Waals surface area contributed by atoms with Crippen LogP contribution in [0.15, 0.2) is 11.6 Å². The maximum atomic E-state index is 11.4. The van der Waals surface area contributed by atoms with Crippen LogP contribution in [0.5, 0.6) is 0 Å². The topological polar surface area (TPSA) is 40.5 Å². The maximum Gasteiger partial charge on any atom is 0.187 e. The van der Waals surface area contributed by atoms with Crippen LogP contribution in [-0.2, 0) is 4.79 Å². The number of hydrogen-bond donors (Lipinski definition) is 1. The number of likely N-dealkylation sites (N-methyl/N-ethyl adjacent to an activating group) is 1. The van der Waals surface area contributed by atoms with Crippen molar-refractivity contribution < 1.29 is 9.90 Å². The number of halogens is 1. The van der Waals surface area contributed by atoms with Gasteiger partial charge in [-0.1, -0.05) is 13.0 Å². The smallest absolute Gasteiger partial charge is 0.187 e. The fourth-order valence-electron chi connectivity index (χ4n) is 1.10. The lowest BCUT2D eigenvalue weighted by Crippen LogP contribution is -2.33. The zero-order valence-corrected chi connectivity index (χ0v) is 10.1. The lowest BCUT2D eigenvalue weighted by molar-refractivity contribution is -0.123. The molecule has 0 aromatic rings. The Labute approximate surface area is 92.2 Å². The van der Waals surface area contributed by atoms with Crippen molar-refractivity contribution in [3.63, 3.8) is 0 Å². The van der Waals surface area contributed by atoms with Crippen LogP contribution >= 0.6 is 12.4 Å². The zero-order chi connectivity index (χ0) is 10.4. The number of carbonyl (C=O) groups is 1. The molecule has 0 aromatic carbocycles. The summed E-state index contributed by atoms with van der Waals surface area (Å²) in [4.78, 5) is 13.2. The van der Waals surface area contributed by atoms with E-state index in [4.69, 9.17) is 0 Å². The highest BCUT2D eigenvalue weighted by atomic mass is 35.5. The van der Waals surface area contributed by atoms with E-state index < -0.39 is 6.10 Å². The highest BCUT2D eigenvalue weighted by Gasteiger charge is 2.16. The highest BCUT2D eigenvalue weighted by Crippen LogP contribution is 2.02. The first-order chi connectivity index (χ1) is 5.99. The summed E-state index contributed by atoms with van der Waals surface area (Å²) < 4.78 is 0. The third-order valence-electron chi connectivity index (χ3n) is 1.74. The Hall–Kier alpha value is -0.380. The Morgan fingerprint density at radius 3 is 2.36 bits per heavy atom. The van der Waals surface area contributed by atoms with E-state index in [9.17, 15) is 9.90 Å². The molecule has 0 heterocycles. The van der Waals surface area contributed by atoms with Crippen molar-refractivity contribution in [1.82, 2.24) is 4.90 Å². The number of hydrogen-bond acceptors (Lipinski definition) is 3. The lowest BCUT2D eigenvalue weighted by Gasteiger charge is -2.14. The SMILES string of the molecule is CCC=C(C)C(=O)C(O)CN(C)C.Cl. The minimum atomic E-state index is -0.891. The van der Waals surface area contributed by atoms with E-state index in [2.05, 4.69) is 0 Å². The van der Waals surface area contributed by atoms with Gasteiger partial charge in [-0.05, 0) is 33.0 Å². The number of aliphatic hydroxyl groups excluding tert-OH is 1. The first-order valence-electron chi connectivity index (χ1n) is 4.52. The number of Topliss-reactive ketones (excluding diaryl/α,β-unsaturated/α-hetero) is 1. The average molecular weight is 222 g/mol. The van der Waals surface area contributed by atoms with Gasteiger partial charge in [0.15, 0.2) is 5.78 Å². The molecule has 0 bridgehead atoms. The van der Waals surface area contributed by atoms with Crippen molar-refractivity contribution in [3.05, 3.63) is 11.6 Å². The molecule has 0 rings (SSSR count). The second-order valence-corrected chi connectivity index (χ2v) is 3.44. The Balaban J connectivity index is 0. The Morgan fingerprint density at radius 1 is 1.50 bits per heavy atom. The number of allylic oxidation sites excluding steroid dienone is 1. The van der Waals surface area contributed by atoms with Gasteiger partial charge < -0.3 is 10.0 Å². The summed E-state index contributed by atoms with van der Waals surface area (Å²) in [6, 6.07) is 0. The van der Waals surface area contributed by atoms with Crippen molar-refractivity contribution in [1.29, 1.82) is 0 Å². The predicted molar refractivity (Wildman–Crippen MR) is 60.9 cm³/mol. The predicted octanol–water partition coefficient (Wildman–Crippen LogP) is 1.26. The van der Waals surface area contributed by atoms with Crippen LogP contribution in [0, 0.1) is 0 Å². The monoisotopic (exact) mass is 221 g/mol. The molecular formula is C10H20ClNO2. The molecule has 1 atom stereocenters. The minimum Gasteiger partial charge on any atom is -0.384 e. The molecule has 0 aliphatic rings. The van der Waals surface area contributed by atoms with Crippen LogP contribution in [-0.4, -0.2) is 42.5 Å². The molecule has 14 heavy (non-hydrogen) atoms. The van der Waals surface area contributed by atoms with Crippen LogP contribution in [0.4, 0.5) is 0 Å². The summed E-state index contributed by atoms with van der Waals surface area (Å²) in [5.41, 5.74) is 0.650. The molecular weight excluding hydrogens is 202 g/mol. The summed E-state index contributed by atoms with van der Waals surface area (Å²) in [5, 5.41) is 9.45. The van der Waals surface area contributed by atoms with E-state index in [1.807, 2.05) is 27.1 Å². The van der Waals surface area contributed by atoms with E-state index >= 15 is 0 Å². The van der Waals surface area contributed by atoms with Gasteiger partial charge in [-0.25, -0.2) is 0 Å². The summed E-state index contributed by atoms with van der Waals surface area (Å²) in [6.07, 6.45) is 1.77. The van der Waals surface area contributed by atoms with Gasteiger partial charge in [-0.15, -0.1) is 12.4 Å². The number of nitrogens with zero attached hydrogens (tertiary/aromatic N) is 1. The quantitative estimate of drug-likeness (QED) is 0.711. The standard InChI is InChI=1S/C10H19NO2.ClH/c1-5-6-8(2)10(13)9(12)7-11(3)4;/h6,9,12H,5,7H2,1-4H3;1H. The van der Waals surface area contributed by atoms with Gasteiger partial charge in [0.25, 0.3) is 0 Å². The summed E-state index contributed by atoms with van der Waals surface area (Å²) in [6.45, 7) is 4.09. The van der Waals surface area contributed by atoms with Crippen molar-refractivity contribution in [2.45, 2.75) is 26.4 Å². The van der Waals surface area contributed by atoms with Gasteiger partial charge in [0.2, 0.25) is 0 Å². The Morgan fingerprint density at radius 2 is 2.00 bits per heavy atom. The van der Waals surface area contributed by atoms with Crippen LogP contribution < -0.4 is 0 Å². The molecule has 3 nitrogen and oxygen atoms in total. The van der Waals surface area contributed by atoms with E-state index in [1.165, 1.54) is 0 Å². The summed E-state index contributed by atoms with van der Waals surface area (Å²) in [5.74, 6) is -0.171. The fraction of sp³-hybridized carbons (Fsp3) is 0.700. The molecule has 0 spiro atoms. The molecule has 84 valence electrons. The minimum absolute atomic E-state index is 0. The van der Waals surface area contributed by atoms with Gasteiger partial charge in [0, 0.05) is 6.54 Å². The number of ketones is 1. The van der Waals surface area contributed by atoms with Gasteiger partial charge in [-0.2, -0.15) is 0 Å². The second kappa shape index (κ2) is 7.97. The second-order valence-electron chi connectivity index (χ2n) is 3.44. The number of aliphatic hydroxyl groups is 1. The van der Waals surface area contributed by atoms with Gasteiger partial charge in [0.1, 0.15) is 6.10 Å². The molecule has 0 aliphatic carbocycles. The zero-order valence-electron chi connectivity index (χ0n) is 9.28. The molecule has 0 amide bonds. The largest absolute Gasteiger partial charge is 0.384 e. The van der Waals surface area contributed by atoms with Crippen LogP contribution in [0.25, 0.3) is 0 Å². The molecule has 4 heteroatoms. The van der Waals surface area contributed by atoms with Crippen molar-refractivity contribution in [3.8, 4) is 0 Å². The summed E-state index contributed by atoms with van der Waals surface area (Å²) in [7, 11) is 3.66. The van der Waals surface area contributed by atoms with Crippen molar-refractivity contribution in [2.24, 2.45) is 0 Å². The molecule has 0 saturated carbocycles. The third-order valence-corrected chi connectivity index (χ3v) is 1.74. The molecule has 0 aromatic heterocycles. The Bertz CT molecular complexity index is 202. The molecule has 0 saturated heterocycles. The van der Waals surface area contributed by atoms with Crippen molar-refractivity contribution in [2.75, 3.05) is 20.6 Å². The van der Waals surface area contributed by atoms with E-state index in [-0.39, 0.29) is 18.2 Å². The first-order valence-corrected chi connectivity index (χ1v) is 4.52. The van der Waals surface area contributed by atoms with Gasteiger partial charge in [-0.3, -0.25) is 4.79 Å². The molecule has 1 unspecified atom stereocenters. The highest BCUT2D eigenvalue weighted by molar-refractivity contribution is 5.98. The number of rotatable bonds is 5. The van der Waals surface area contributed by atoms with Gasteiger partial charge in [0.05, 0.1) is 0 Å². The van der Waals surface area contributed by atoms with Crippen LogP contribution in [0.1, 0.15) is 20.3 Å². The molecule has 1 N–H and O–H groups in total.